The van der Waals surface area contributed by atoms with Gasteiger partial charge in [0.2, 0.25) is 0 Å². The van der Waals surface area contributed by atoms with E-state index >= 15 is 0 Å². The van der Waals surface area contributed by atoms with Gasteiger partial charge in [-0.3, -0.25) is 0 Å². The average molecular weight is 228 g/mol. The van der Waals surface area contributed by atoms with E-state index in [1.807, 2.05) is 31.2 Å². The fourth-order valence-corrected chi connectivity index (χ4v) is 2.09. The fraction of sp³-hybridized carbons (Fsp3) is 0.154. The minimum absolute atomic E-state index is 0.743. The van der Waals surface area contributed by atoms with E-state index in [2.05, 4.69) is 21.6 Å². The van der Waals surface area contributed by atoms with Crippen LogP contribution >= 0.6 is 11.3 Å². The number of thiazole rings is 1. The second-order valence-corrected chi connectivity index (χ2v) is 4.40. The molecule has 0 spiro atoms. The number of nitrogens with zero attached hydrogens (tertiary/aromatic N) is 1. The summed E-state index contributed by atoms with van der Waals surface area (Å²) in [4.78, 5) is 4.38. The van der Waals surface area contributed by atoms with Crippen LogP contribution in [0.15, 0.2) is 29.6 Å². The van der Waals surface area contributed by atoms with Crippen molar-refractivity contribution >= 4 is 17.0 Å². The molecule has 2 aromatic rings. The maximum atomic E-state index is 5.34. The van der Waals surface area contributed by atoms with Crippen molar-refractivity contribution in [2.75, 3.05) is 5.32 Å². The summed E-state index contributed by atoms with van der Waals surface area (Å²) >= 11 is 1.66. The van der Waals surface area contributed by atoms with Crippen LogP contribution < -0.4 is 5.32 Å². The van der Waals surface area contributed by atoms with Crippen LogP contribution in [0.5, 0.6) is 0 Å². The molecule has 1 N–H and O–H groups in total. The number of terminal acetylenes is 1. The molecular weight excluding hydrogens is 216 g/mol. The van der Waals surface area contributed by atoms with Gasteiger partial charge in [-0.2, -0.15) is 0 Å². The maximum absolute atomic E-state index is 5.34. The SMILES string of the molecule is C#Cc1cccc(NCc2nc(C)cs2)c1. The zero-order chi connectivity index (χ0) is 11.4. The molecule has 0 amide bonds. The average Bonchev–Trinajstić information content (AvgIpc) is 2.73. The van der Waals surface area contributed by atoms with Crippen LogP contribution in [-0.4, -0.2) is 4.98 Å². The van der Waals surface area contributed by atoms with Gasteiger partial charge < -0.3 is 5.32 Å². The highest BCUT2D eigenvalue weighted by Crippen LogP contribution is 2.13. The van der Waals surface area contributed by atoms with E-state index in [4.69, 9.17) is 6.42 Å². The molecular formula is C13H12N2S. The third-order valence-electron chi connectivity index (χ3n) is 2.14. The largest absolute Gasteiger partial charge is 0.378 e. The molecule has 0 radical (unpaired) electrons. The van der Waals surface area contributed by atoms with E-state index in [9.17, 15) is 0 Å². The van der Waals surface area contributed by atoms with Crippen molar-refractivity contribution in [2.45, 2.75) is 13.5 Å². The van der Waals surface area contributed by atoms with Crippen molar-refractivity contribution in [3.63, 3.8) is 0 Å². The van der Waals surface area contributed by atoms with Gasteiger partial charge in [0.25, 0.3) is 0 Å². The van der Waals surface area contributed by atoms with Crippen molar-refractivity contribution in [2.24, 2.45) is 0 Å². The van der Waals surface area contributed by atoms with E-state index < -0.39 is 0 Å². The maximum Gasteiger partial charge on any atom is 0.112 e. The number of hydrogen-bond acceptors (Lipinski definition) is 3. The van der Waals surface area contributed by atoms with Gasteiger partial charge in [0.05, 0.1) is 6.54 Å². The second-order valence-electron chi connectivity index (χ2n) is 3.46. The lowest BCUT2D eigenvalue weighted by atomic mass is 10.2. The highest BCUT2D eigenvalue weighted by molar-refractivity contribution is 7.09. The minimum Gasteiger partial charge on any atom is -0.378 e. The summed E-state index contributed by atoms with van der Waals surface area (Å²) < 4.78 is 0. The van der Waals surface area contributed by atoms with Crippen molar-refractivity contribution in [1.82, 2.24) is 4.98 Å². The molecule has 0 saturated carbocycles. The first-order chi connectivity index (χ1) is 7.78. The third-order valence-corrected chi connectivity index (χ3v) is 3.11. The number of aryl methyl sites for hydroxylation is 1. The molecule has 0 bridgehead atoms. The van der Waals surface area contributed by atoms with Crippen molar-refractivity contribution < 1.29 is 0 Å². The number of anilines is 1. The van der Waals surface area contributed by atoms with Gasteiger partial charge in [-0.15, -0.1) is 17.8 Å². The van der Waals surface area contributed by atoms with Crippen LogP contribution in [0.4, 0.5) is 5.69 Å². The van der Waals surface area contributed by atoms with E-state index in [1.54, 1.807) is 11.3 Å². The molecule has 2 rings (SSSR count). The van der Waals surface area contributed by atoms with Gasteiger partial charge in [0.15, 0.2) is 0 Å². The number of aromatic nitrogens is 1. The molecule has 0 atom stereocenters. The first kappa shape index (κ1) is 10.7. The number of rotatable bonds is 3. The normalized spacial score (nSPS) is 9.75. The molecule has 1 aromatic heterocycles. The van der Waals surface area contributed by atoms with Crippen molar-refractivity contribution in [3.8, 4) is 12.3 Å². The number of benzene rings is 1. The smallest absolute Gasteiger partial charge is 0.112 e. The Hall–Kier alpha value is -1.79. The molecule has 0 aliphatic rings. The Morgan fingerprint density at radius 1 is 1.50 bits per heavy atom. The molecule has 0 aliphatic carbocycles. The van der Waals surface area contributed by atoms with Gasteiger partial charge >= 0.3 is 0 Å². The molecule has 3 heteroatoms. The summed E-state index contributed by atoms with van der Waals surface area (Å²) in [5, 5.41) is 6.44. The molecule has 1 aromatic carbocycles. The molecule has 2 nitrogen and oxygen atoms in total. The lowest BCUT2D eigenvalue weighted by Gasteiger charge is -2.04. The van der Waals surface area contributed by atoms with Gasteiger partial charge in [-0.05, 0) is 25.1 Å². The van der Waals surface area contributed by atoms with Crippen molar-refractivity contribution in [1.29, 1.82) is 0 Å². The first-order valence-electron chi connectivity index (χ1n) is 4.99. The highest BCUT2D eigenvalue weighted by atomic mass is 32.1. The Labute approximate surface area is 99.4 Å². The summed E-state index contributed by atoms with van der Waals surface area (Å²) in [5.41, 5.74) is 2.99. The van der Waals surface area contributed by atoms with Crippen LogP contribution in [-0.2, 0) is 6.54 Å². The highest BCUT2D eigenvalue weighted by Gasteiger charge is 1.98. The zero-order valence-corrected chi connectivity index (χ0v) is 9.84. The zero-order valence-electron chi connectivity index (χ0n) is 9.03. The predicted molar refractivity (Wildman–Crippen MR) is 68.6 cm³/mol. The molecule has 0 saturated heterocycles. The predicted octanol–water partition coefficient (Wildman–Crippen LogP) is 3.04. The molecule has 1 heterocycles. The van der Waals surface area contributed by atoms with Gasteiger partial charge in [-0.25, -0.2) is 4.98 Å². The number of hydrogen-bond donors (Lipinski definition) is 1. The van der Waals surface area contributed by atoms with Crippen LogP contribution in [0.25, 0.3) is 0 Å². The summed E-state index contributed by atoms with van der Waals surface area (Å²) in [7, 11) is 0. The summed E-state index contributed by atoms with van der Waals surface area (Å²) in [6.07, 6.45) is 5.34. The quantitative estimate of drug-likeness (QED) is 0.817. The summed E-state index contributed by atoms with van der Waals surface area (Å²) in [6.45, 7) is 2.74. The molecule has 0 aliphatic heterocycles. The van der Waals surface area contributed by atoms with E-state index in [0.717, 1.165) is 28.5 Å². The van der Waals surface area contributed by atoms with E-state index in [0.29, 0.717) is 0 Å². The van der Waals surface area contributed by atoms with E-state index in [-0.39, 0.29) is 0 Å². The topological polar surface area (TPSA) is 24.9 Å². The Morgan fingerprint density at radius 2 is 2.38 bits per heavy atom. The standard InChI is InChI=1S/C13H12N2S/c1-3-11-5-4-6-12(7-11)14-8-13-15-10(2)9-16-13/h1,4-7,9,14H,8H2,2H3. The van der Waals surface area contributed by atoms with Gasteiger partial charge in [0.1, 0.15) is 5.01 Å². The minimum atomic E-state index is 0.743. The Bertz CT molecular complexity index is 523. The molecule has 0 fully saturated rings. The monoisotopic (exact) mass is 228 g/mol. The Balaban J connectivity index is 2.02. The van der Waals surface area contributed by atoms with Crippen LogP contribution in [0.1, 0.15) is 16.3 Å². The molecule has 0 unspecified atom stereocenters. The fourth-order valence-electron chi connectivity index (χ4n) is 1.38. The lowest BCUT2D eigenvalue weighted by molar-refractivity contribution is 1.08. The number of nitrogens with one attached hydrogen (secondary N) is 1. The first-order valence-corrected chi connectivity index (χ1v) is 5.87. The Morgan fingerprint density at radius 3 is 3.06 bits per heavy atom. The van der Waals surface area contributed by atoms with Crippen LogP contribution in [0.2, 0.25) is 0 Å². The molecule has 16 heavy (non-hydrogen) atoms. The second kappa shape index (κ2) is 4.82. The van der Waals surface area contributed by atoms with Gasteiger partial charge in [-0.1, -0.05) is 12.0 Å². The summed E-state index contributed by atoms with van der Waals surface area (Å²) in [6, 6.07) is 7.82. The molecule has 80 valence electrons. The van der Waals surface area contributed by atoms with Crippen LogP contribution in [0, 0.1) is 19.3 Å². The van der Waals surface area contributed by atoms with Crippen LogP contribution in [0.3, 0.4) is 0 Å². The third kappa shape index (κ3) is 2.62. The summed E-state index contributed by atoms with van der Waals surface area (Å²) in [5.74, 6) is 2.62. The van der Waals surface area contributed by atoms with Crippen molar-refractivity contribution in [3.05, 3.63) is 45.9 Å². The Kier molecular flexibility index (Phi) is 3.23. The van der Waals surface area contributed by atoms with E-state index in [1.165, 1.54) is 0 Å². The lowest BCUT2D eigenvalue weighted by Crippen LogP contribution is -1.98. The van der Waals surface area contributed by atoms with Gasteiger partial charge in [0, 0.05) is 22.3 Å².